The van der Waals surface area contributed by atoms with E-state index >= 15 is 0 Å². The van der Waals surface area contributed by atoms with Crippen molar-refractivity contribution in [2.45, 2.75) is 11.8 Å². The summed E-state index contributed by atoms with van der Waals surface area (Å²) in [7, 11) is -3.76. The number of benzene rings is 1. The number of nitrogens with two attached hydrogens (primary N) is 2. The van der Waals surface area contributed by atoms with Crippen LogP contribution in [0.4, 0.5) is 17.6 Å². The lowest BCUT2D eigenvalue weighted by Crippen LogP contribution is -2.15. The molecule has 25 heavy (non-hydrogen) atoms. The van der Waals surface area contributed by atoms with Gasteiger partial charge in [-0.15, -0.1) is 16.4 Å². The lowest BCUT2D eigenvalue weighted by Gasteiger charge is -2.03. The van der Waals surface area contributed by atoms with Gasteiger partial charge in [-0.05, 0) is 43.3 Å². The van der Waals surface area contributed by atoms with Gasteiger partial charge in [-0.2, -0.15) is 9.67 Å². The summed E-state index contributed by atoms with van der Waals surface area (Å²) in [5, 5.41) is 11.9. The summed E-state index contributed by atoms with van der Waals surface area (Å²) in [4.78, 5) is 17.9. The zero-order chi connectivity index (χ0) is 18.2. The number of rotatable bonds is 4. The van der Waals surface area contributed by atoms with E-state index in [1.165, 1.54) is 35.6 Å². The second kappa shape index (κ2) is 6.27. The number of nitrogens with one attached hydrogen (secondary N) is 1. The molecule has 9 nitrogen and oxygen atoms in total. The lowest BCUT2D eigenvalue weighted by molar-refractivity contribution is 0.0952. The number of aryl methyl sites for hydroxylation is 1. The molecule has 0 aliphatic heterocycles. The number of sulfonamides is 1. The van der Waals surface area contributed by atoms with Crippen LogP contribution in [0.15, 0.2) is 41.3 Å². The predicted octanol–water partition coefficient (Wildman–Crippen LogP) is 1.31. The molecule has 0 saturated heterocycles. The summed E-state index contributed by atoms with van der Waals surface area (Å²) in [6.45, 7) is 1.89. The van der Waals surface area contributed by atoms with Crippen molar-refractivity contribution in [2.75, 3.05) is 11.1 Å². The number of thiophene rings is 1. The number of aromatic nitrogens is 3. The van der Waals surface area contributed by atoms with Gasteiger partial charge in [-0.25, -0.2) is 13.6 Å². The Labute approximate surface area is 147 Å². The highest BCUT2D eigenvalue weighted by atomic mass is 32.2. The third-order valence-corrected chi connectivity index (χ3v) is 5.13. The third kappa shape index (κ3) is 3.68. The molecule has 3 aromatic rings. The Morgan fingerprint density at radius 2 is 1.88 bits per heavy atom. The molecule has 0 bridgehead atoms. The molecule has 0 aliphatic carbocycles. The molecule has 2 aromatic heterocycles. The van der Waals surface area contributed by atoms with Gasteiger partial charge >= 0.3 is 0 Å². The van der Waals surface area contributed by atoms with E-state index in [-0.39, 0.29) is 22.7 Å². The average molecular weight is 378 g/mol. The number of nitrogens with zero attached hydrogens (tertiary/aromatic N) is 3. The molecule has 11 heteroatoms. The minimum atomic E-state index is -3.76. The number of anilines is 3. The molecule has 2 heterocycles. The van der Waals surface area contributed by atoms with Crippen LogP contribution in [0, 0.1) is 6.92 Å². The molecule has 0 atom stereocenters. The van der Waals surface area contributed by atoms with Gasteiger partial charge in [-0.3, -0.25) is 4.79 Å². The predicted molar refractivity (Wildman–Crippen MR) is 94.3 cm³/mol. The Morgan fingerprint density at radius 1 is 1.20 bits per heavy atom. The smallest absolute Gasteiger partial charge is 0.291 e. The van der Waals surface area contributed by atoms with E-state index in [1.807, 2.05) is 13.0 Å². The minimum Gasteiger partial charge on any atom is -0.368 e. The summed E-state index contributed by atoms with van der Waals surface area (Å²) in [6.07, 6.45) is 0. The van der Waals surface area contributed by atoms with Crippen molar-refractivity contribution in [1.82, 2.24) is 14.8 Å². The van der Waals surface area contributed by atoms with E-state index in [0.29, 0.717) is 10.6 Å². The minimum absolute atomic E-state index is 0.0145. The number of hydrogen-bond donors (Lipinski definition) is 3. The Balaban J connectivity index is 1.82. The van der Waals surface area contributed by atoms with Gasteiger partial charge in [0, 0.05) is 10.6 Å². The Hall–Kier alpha value is -2.76. The van der Waals surface area contributed by atoms with Crippen molar-refractivity contribution in [3.63, 3.8) is 0 Å². The second-order valence-electron chi connectivity index (χ2n) is 5.12. The number of carbonyl (C=O) groups is 1. The van der Waals surface area contributed by atoms with Crippen LogP contribution in [0.3, 0.4) is 0 Å². The van der Waals surface area contributed by atoms with Crippen LogP contribution in [0.5, 0.6) is 0 Å². The highest BCUT2D eigenvalue weighted by Crippen LogP contribution is 2.20. The molecule has 0 radical (unpaired) electrons. The summed E-state index contributed by atoms with van der Waals surface area (Å²) < 4.78 is 23.5. The number of hydrogen-bond acceptors (Lipinski definition) is 8. The van der Waals surface area contributed by atoms with Gasteiger partial charge in [-0.1, -0.05) is 0 Å². The van der Waals surface area contributed by atoms with Crippen molar-refractivity contribution >= 4 is 44.9 Å². The van der Waals surface area contributed by atoms with E-state index < -0.39 is 10.0 Å². The molecular formula is C14H14N6O3S2. The first-order valence-electron chi connectivity index (χ1n) is 6.97. The van der Waals surface area contributed by atoms with Crippen molar-refractivity contribution in [3.8, 4) is 0 Å². The molecule has 5 N–H and O–H groups in total. The first kappa shape index (κ1) is 17.1. The molecule has 0 saturated carbocycles. The van der Waals surface area contributed by atoms with E-state index in [0.717, 1.165) is 9.56 Å². The quantitative estimate of drug-likeness (QED) is 0.620. The molecule has 0 unspecified atom stereocenters. The van der Waals surface area contributed by atoms with Gasteiger partial charge in [0.05, 0.1) is 9.77 Å². The maximum absolute atomic E-state index is 12.4. The normalized spacial score (nSPS) is 11.4. The molecule has 130 valence electrons. The molecule has 0 aliphatic rings. The molecule has 1 aromatic carbocycles. The summed E-state index contributed by atoms with van der Waals surface area (Å²) in [5.41, 5.74) is 6.28. The van der Waals surface area contributed by atoms with E-state index in [9.17, 15) is 13.2 Å². The van der Waals surface area contributed by atoms with Crippen LogP contribution in [-0.4, -0.2) is 29.1 Å². The highest BCUT2D eigenvalue weighted by molar-refractivity contribution is 7.89. The second-order valence-corrected chi connectivity index (χ2v) is 7.96. The van der Waals surface area contributed by atoms with E-state index in [2.05, 4.69) is 15.4 Å². The van der Waals surface area contributed by atoms with Crippen LogP contribution < -0.4 is 16.2 Å². The zero-order valence-electron chi connectivity index (χ0n) is 13.0. The van der Waals surface area contributed by atoms with E-state index in [4.69, 9.17) is 10.9 Å². The molecule has 0 spiro atoms. The first-order valence-corrected chi connectivity index (χ1v) is 9.34. The molecule has 0 amide bonds. The highest BCUT2D eigenvalue weighted by Gasteiger charge is 2.17. The van der Waals surface area contributed by atoms with Crippen molar-refractivity contribution in [3.05, 3.63) is 46.2 Å². The van der Waals surface area contributed by atoms with Crippen molar-refractivity contribution < 1.29 is 13.2 Å². The largest absolute Gasteiger partial charge is 0.368 e. The Morgan fingerprint density at radius 3 is 2.44 bits per heavy atom. The summed E-state index contributed by atoms with van der Waals surface area (Å²) >= 11 is 1.33. The van der Waals surface area contributed by atoms with Crippen LogP contribution >= 0.6 is 11.3 Å². The number of primary sulfonamides is 1. The SMILES string of the molecule is Cc1ccc(C(=O)n2nc(Nc3ccc(S(N)(=O)=O)cc3)nc2N)s1. The Bertz CT molecular complexity index is 1040. The Kier molecular flexibility index (Phi) is 4.29. The summed E-state index contributed by atoms with van der Waals surface area (Å²) in [6, 6.07) is 9.22. The van der Waals surface area contributed by atoms with Gasteiger partial charge in [0.15, 0.2) is 0 Å². The first-order chi connectivity index (χ1) is 11.7. The number of carbonyl (C=O) groups excluding carboxylic acids is 1. The monoisotopic (exact) mass is 378 g/mol. The molecule has 3 rings (SSSR count). The average Bonchev–Trinajstić information content (AvgIpc) is 3.12. The van der Waals surface area contributed by atoms with Crippen LogP contribution in [0.25, 0.3) is 0 Å². The van der Waals surface area contributed by atoms with Crippen molar-refractivity contribution in [1.29, 1.82) is 0 Å². The third-order valence-electron chi connectivity index (χ3n) is 3.21. The van der Waals surface area contributed by atoms with Crippen LogP contribution in [0.2, 0.25) is 0 Å². The number of nitrogen functional groups attached to an aromatic ring is 1. The standard InChI is InChI=1S/C14H14N6O3S2/c1-8-2-7-11(24-8)12(21)20-13(15)18-14(19-20)17-9-3-5-10(6-4-9)25(16,22)23/h2-7H,1H3,(H2,16,22,23)(H3,15,17,18,19). The van der Waals surface area contributed by atoms with Gasteiger partial charge in [0.25, 0.3) is 5.91 Å². The van der Waals surface area contributed by atoms with Gasteiger partial charge in [0.1, 0.15) is 0 Å². The van der Waals surface area contributed by atoms with E-state index in [1.54, 1.807) is 6.07 Å². The molecule has 0 fully saturated rings. The fourth-order valence-corrected chi connectivity index (χ4v) is 3.35. The lowest BCUT2D eigenvalue weighted by atomic mass is 10.3. The van der Waals surface area contributed by atoms with Crippen molar-refractivity contribution in [2.24, 2.45) is 5.14 Å². The summed E-state index contributed by atoms with van der Waals surface area (Å²) in [5.74, 6) is -0.317. The maximum atomic E-state index is 12.4. The van der Waals surface area contributed by atoms with Crippen LogP contribution in [0.1, 0.15) is 14.5 Å². The van der Waals surface area contributed by atoms with Gasteiger partial charge in [0.2, 0.25) is 21.9 Å². The van der Waals surface area contributed by atoms with Gasteiger partial charge < -0.3 is 11.1 Å². The topological polar surface area (TPSA) is 146 Å². The van der Waals surface area contributed by atoms with Crippen LogP contribution in [-0.2, 0) is 10.0 Å². The zero-order valence-corrected chi connectivity index (χ0v) is 14.6. The fourth-order valence-electron chi connectivity index (χ4n) is 2.04. The molecular weight excluding hydrogens is 364 g/mol. The fraction of sp³-hybridized carbons (Fsp3) is 0.0714. The maximum Gasteiger partial charge on any atom is 0.291 e.